The number of nitrogens with one attached hydrogen (secondary N) is 1. The van der Waals surface area contributed by atoms with Crippen LogP contribution in [0.3, 0.4) is 0 Å². The number of aliphatic hydroxyl groups is 1. The Hall–Kier alpha value is -2.61. The van der Waals surface area contributed by atoms with Crippen molar-refractivity contribution in [2.45, 2.75) is 50.4 Å². The Morgan fingerprint density at radius 1 is 1.22 bits per heavy atom. The van der Waals surface area contributed by atoms with Crippen LogP contribution in [0.4, 0.5) is 0 Å². The maximum Gasteiger partial charge on any atom is 0.307 e. The summed E-state index contributed by atoms with van der Waals surface area (Å²) in [5.74, 6) is -0.587. The number of carbonyl (C=O) groups excluding carboxylic acids is 1. The number of hydrogen-bond acceptors (Lipinski definition) is 5. The highest BCUT2D eigenvalue weighted by molar-refractivity contribution is 6.30. The van der Waals surface area contributed by atoms with Crippen molar-refractivity contribution in [1.29, 1.82) is 0 Å². The molecule has 32 heavy (non-hydrogen) atoms. The van der Waals surface area contributed by atoms with Gasteiger partial charge in [0.2, 0.25) is 5.91 Å². The number of rotatable bonds is 8. The number of aliphatic hydroxyl groups excluding tert-OH is 1. The van der Waals surface area contributed by atoms with Gasteiger partial charge >= 0.3 is 5.97 Å². The normalized spacial score (nSPS) is 22.9. The molecule has 7 nitrogen and oxygen atoms in total. The van der Waals surface area contributed by atoms with Crippen LogP contribution in [0.1, 0.15) is 55.1 Å². The lowest BCUT2D eigenvalue weighted by molar-refractivity contribution is -0.136. The molecule has 0 bridgehead atoms. The number of carboxylic acid groups (broad SMARTS) is 1. The number of hydrogen-bond donors (Lipinski definition) is 3. The Kier molecular flexibility index (Phi) is 7.77. The van der Waals surface area contributed by atoms with E-state index in [1.807, 2.05) is 25.1 Å². The molecule has 2 aromatic rings. The van der Waals surface area contributed by atoms with Gasteiger partial charge in [0, 0.05) is 35.4 Å². The van der Waals surface area contributed by atoms with Crippen LogP contribution < -0.4 is 10.1 Å². The molecule has 0 aromatic heterocycles. The molecule has 3 rings (SSSR count). The molecule has 1 aliphatic rings. The maximum absolute atomic E-state index is 12.3. The summed E-state index contributed by atoms with van der Waals surface area (Å²) in [6.45, 7) is 1.72. The summed E-state index contributed by atoms with van der Waals surface area (Å²) in [4.78, 5) is 23.6. The smallest absolute Gasteiger partial charge is 0.307 e. The number of carboxylic acids is 1. The fraction of sp³-hybridized carbons (Fsp3) is 0.417. The molecule has 0 aliphatic carbocycles. The first kappa shape index (κ1) is 24.0. The van der Waals surface area contributed by atoms with Crippen molar-refractivity contribution in [1.82, 2.24) is 5.32 Å². The van der Waals surface area contributed by atoms with E-state index in [9.17, 15) is 14.7 Å². The van der Waals surface area contributed by atoms with Crippen molar-refractivity contribution in [3.63, 3.8) is 0 Å². The molecule has 1 fully saturated rings. The standard InChI is InChI=1S/C24H28ClNO6/c1-24(26-22(28)8-9-27)13-20(16-4-3-5-17(25)12-16)32-21(14-24)18-10-15(11-23(29)30)6-7-19(18)31-2/h3-7,10,12,20-21,27H,8-9,11,13-14H2,1-2H3,(H,26,28)(H,29,30)/t20-,21+,24-/m0/s1. The molecule has 0 unspecified atom stereocenters. The zero-order valence-corrected chi connectivity index (χ0v) is 18.9. The molecule has 2 aromatic carbocycles. The molecule has 3 N–H and O–H groups in total. The van der Waals surface area contributed by atoms with Crippen LogP contribution >= 0.6 is 11.6 Å². The Labute approximate surface area is 192 Å². The summed E-state index contributed by atoms with van der Waals surface area (Å²) in [6.07, 6.45) is 0.0361. The fourth-order valence-electron chi connectivity index (χ4n) is 4.21. The van der Waals surface area contributed by atoms with Crippen LogP contribution in [0.2, 0.25) is 5.02 Å². The highest BCUT2D eigenvalue weighted by Crippen LogP contribution is 2.46. The molecule has 0 spiro atoms. The molecule has 1 saturated heterocycles. The van der Waals surface area contributed by atoms with Crippen LogP contribution in [-0.4, -0.2) is 41.3 Å². The lowest BCUT2D eigenvalue weighted by Crippen LogP contribution is -2.51. The predicted molar refractivity (Wildman–Crippen MR) is 120 cm³/mol. The number of amides is 1. The topological polar surface area (TPSA) is 105 Å². The molecule has 1 heterocycles. The fourth-order valence-corrected chi connectivity index (χ4v) is 4.40. The predicted octanol–water partition coefficient (Wildman–Crippen LogP) is 3.83. The number of benzene rings is 2. The van der Waals surface area contributed by atoms with Crippen molar-refractivity contribution >= 4 is 23.5 Å². The third-order valence-corrected chi connectivity index (χ3v) is 5.83. The van der Waals surface area contributed by atoms with E-state index in [1.54, 1.807) is 31.4 Å². The Balaban J connectivity index is 2.00. The Bertz CT molecular complexity index is 981. The third kappa shape index (κ3) is 6.00. The van der Waals surface area contributed by atoms with Crippen LogP contribution in [0.5, 0.6) is 5.75 Å². The lowest BCUT2D eigenvalue weighted by atomic mass is 9.81. The highest BCUT2D eigenvalue weighted by atomic mass is 35.5. The summed E-state index contributed by atoms with van der Waals surface area (Å²) >= 11 is 6.20. The van der Waals surface area contributed by atoms with E-state index < -0.39 is 17.6 Å². The van der Waals surface area contributed by atoms with Crippen LogP contribution in [-0.2, 0) is 20.7 Å². The summed E-state index contributed by atoms with van der Waals surface area (Å²) in [5.41, 5.74) is 1.61. The molecule has 0 radical (unpaired) electrons. The van der Waals surface area contributed by atoms with Crippen molar-refractivity contribution < 1.29 is 29.3 Å². The second-order valence-electron chi connectivity index (χ2n) is 8.31. The molecule has 172 valence electrons. The first-order valence-corrected chi connectivity index (χ1v) is 10.8. The molecule has 8 heteroatoms. The van der Waals surface area contributed by atoms with Crippen LogP contribution in [0.25, 0.3) is 0 Å². The van der Waals surface area contributed by atoms with E-state index in [4.69, 9.17) is 26.2 Å². The van der Waals surface area contributed by atoms with Gasteiger partial charge in [-0.15, -0.1) is 0 Å². The molecular weight excluding hydrogens is 434 g/mol. The largest absolute Gasteiger partial charge is 0.496 e. The number of methoxy groups -OCH3 is 1. The zero-order valence-electron chi connectivity index (χ0n) is 18.1. The number of aliphatic carboxylic acids is 1. The molecule has 1 aliphatic heterocycles. The van der Waals surface area contributed by atoms with Crippen LogP contribution in [0.15, 0.2) is 42.5 Å². The average Bonchev–Trinajstić information content (AvgIpc) is 2.72. The highest BCUT2D eigenvalue weighted by Gasteiger charge is 2.41. The van der Waals surface area contributed by atoms with Crippen molar-refractivity contribution in [2.75, 3.05) is 13.7 Å². The van der Waals surface area contributed by atoms with Crippen molar-refractivity contribution in [3.05, 3.63) is 64.2 Å². The van der Waals surface area contributed by atoms with E-state index in [-0.39, 0.29) is 31.5 Å². The van der Waals surface area contributed by atoms with Gasteiger partial charge in [0.15, 0.2) is 0 Å². The van der Waals surface area contributed by atoms with E-state index in [1.165, 1.54) is 0 Å². The van der Waals surface area contributed by atoms with E-state index in [0.29, 0.717) is 29.2 Å². The SMILES string of the molecule is COc1ccc(CC(=O)O)cc1[C@H]1C[C@@](C)(NC(=O)CCO)C[C@@H](c2cccc(Cl)c2)O1. The molecule has 1 amide bonds. The number of carbonyl (C=O) groups is 2. The minimum Gasteiger partial charge on any atom is -0.496 e. The summed E-state index contributed by atoms with van der Waals surface area (Å²) in [6, 6.07) is 12.6. The molecule has 3 atom stereocenters. The van der Waals surface area contributed by atoms with Gasteiger partial charge in [-0.05, 0) is 42.3 Å². The van der Waals surface area contributed by atoms with E-state index in [2.05, 4.69) is 5.32 Å². The Morgan fingerprint density at radius 2 is 1.97 bits per heavy atom. The van der Waals surface area contributed by atoms with E-state index in [0.717, 1.165) is 11.1 Å². The van der Waals surface area contributed by atoms with Gasteiger partial charge < -0.3 is 25.0 Å². The second-order valence-corrected chi connectivity index (χ2v) is 8.74. The van der Waals surface area contributed by atoms with Gasteiger partial charge in [0.1, 0.15) is 5.75 Å². The first-order chi connectivity index (χ1) is 15.2. The third-order valence-electron chi connectivity index (χ3n) is 5.60. The second kappa shape index (κ2) is 10.3. The molecular formula is C24H28ClNO6. The summed E-state index contributed by atoms with van der Waals surface area (Å²) in [7, 11) is 1.55. The quantitative estimate of drug-likeness (QED) is 0.552. The number of halogens is 1. The number of ether oxygens (including phenoxy) is 2. The van der Waals surface area contributed by atoms with Gasteiger partial charge in [0.05, 0.1) is 32.3 Å². The molecule has 0 saturated carbocycles. The zero-order chi connectivity index (χ0) is 23.3. The van der Waals surface area contributed by atoms with Gasteiger partial charge in [-0.25, -0.2) is 0 Å². The van der Waals surface area contributed by atoms with Gasteiger partial charge in [-0.2, -0.15) is 0 Å². The lowest BCUT2D eigenvalue weighted by Gasteiger charge is -2.43. The van der Waals surface area contributed by atoms with Gasteiger partial charge in [-0.1, -0.05) is 29.8 Å². The summed E-state index contributed by atoms with van der Waals surface area (Å²) < 4.78 is 12.0. The van der Waals surface area contributed by atoms with Crippen molar-refractivity contribution in [2.24, 2.45) is 0 Å². The van der Waals surface area contributed by atoms with Crippen molar-refractivity contribution in [3.8, 4) is 5.75 Å². The summed E-state index contributed by atoms with van der Waals surface area (Å²) in [5, 5.41) is 22.0. The van der Waals surface area contributed by atoms with Gasteiger partial charge in [-0.3, -0.25) is 9.59 Å². The Morgan fingerprint density at radius 3 is 2.62 bits per heavy atom. The monoisotopic (exact) mass is 461 g/mol. The minimum atomic E-state index is -0.927. The maximum atomic E-state index is 12.3. The first-order valence-electron chi connectivity index (χ1n) is 10.4. The minimum absolute atomic E-state index is 0.0142. The van der Waals surface area contributed by atoms with E-state index >= 15 is 0 Å². The van der Waals surface area contributed by atoms with Gasteiger partial charge in [0.25, 0.3) is 0 Å². The average molecular weight is 462 g/mol. The van der Waals surface area contributed by atoms with Crippen LogP contribution in [0, 0.1) is 0 Å².